The number of nitrogens with zero attached hydrogens (tertiary/aromatic N) is 1. The van der Waals surface area contributed by atoms with Crippen molar-refractivity contribution in [1.29, 1.82) is 0 Å². The van der Waals surface area contributed by atoms with Gasteiger partial charge in [0.05, 0.1) is 14.2 Å². The van der Waals surface area contributed by atoms with Gasteiger partial charge >= 0.3 is 0 Å². The van der Waals surface area contributed by atoms with Crippen molar-refractivity contribution < 1.29 is 21.9 Å². The number of allylic oxidation sites excluding steroid dienone is 1. The number of rotatable bonds is 6. The molecule has 3 rings (SSSR count). The lowest BCUT2D eigenvalue weighted by Gasteiger charge is -2.25. The first-order chi connectivity index (χ1) is 12.3. The van der Waals surface area contributed by atoms with E-state index in [1.54, 1.807) is 14.2 Å². The van der Waals surface area contributed by atoms with E-state index < -0.39 is 0 Å². The lowest BCUT2D eigenvalue weighted by atomic mass is 10.1. The zero-order valence-corrected chi connectivity index (χ0v) is 16.1. The van der Waals surface area contributed by atoms with Crippen molar-refractivity contribution in [2.45, 2.75) is 13.0 Å². The zero-order chi connectivity index (χ0) is 17.5. The molecule has 1 aliphatic rings. The number of hydrogen-bond donors (Lipinski definition) is 0. The van der Waals surface area contributed by atoms with Gasteiger partial charge in [0.2, 0.25) is 0 Å². The van der Waals surface area contributed by atoms with Crippen molar-refractivity contribution in [2.24, 2.45) is 0 Å². The maximum atomic E-state index is 5.21. The summed E-state index contributed by atoms with van der Waals surface area (Å²) in [6.45, 7) is 3.06. The first kappa shape index (κ1) is 20.1. The van der Waals surface area contributed by atoms with Crippen molar-refractivity contribution in [3.8, 4) is 11.5 Å². The van der Waals surface area contributed by atoms with E-state index in [1.165, 1.54) is 16.7 Å². The highest BCUT2D eigenvalue weighted by Crippen LogP contribution is 2.18. The molecule has 0 aliphatic carbocycles. The van der Waals surface area contributed by atoms with Crippen molar-refractivity contribution in [3.63, 3.8) is 0 Å². The van der Waals surface area contributed by atoms with Gasteiger partial charge in [0, 0.05) is 19.6 Å². The van der Waals surface area contributed by atoms with Crippen molar-refractivity contribution in [1.82, 2.24) is 4.90 Å². The van der Waals surface area contributed by atoms with Crippen LogP contribution in [0.25, 0.3) is 6.08 Å². The molecule has 1 heterocycles. The SMILES string of the molecule is COc1ccc(/C=C/C2=CCN(Cc3ccc(OC)cc3)CC2)cc1.[Cl-]. The fraction of sp³-hybridized carbons (Fsp3) is 0.273. The van der Waals surface area contributed by atoms with Crippen LogP contribution in [0.15, 0.2) is 66.3 Å². The predicted molar refractivity (Wildman–Crippen MR) is 103 cm³/mol. The third-order valence-corrected chi connectivity index (χ3v) is 4.50. The average molecular weight is 371 g/mol. The molecule has 26 heavy (non-hydrogen) atoms. The summed E-state index contributed by atoms with van der Waals surface area (Å²) in [4.78, 5) is 2.46. The summed E-state index contributed by atoms with van der Waals surface area (Å²) < 4.78 is 10.4. The summed E-state index contributed by atoms with van der Waals surface area (Å²) >= 11 is 0. The van der Waals surface area contributed by atoms with E-state index in [2.05, 4.69) is 47.4 Å². The highest BCUT2D eigenvalue weighted by atomic mass is 35.5. The van der Waals surface area contributed by atoms with E-state index in [0.717, 1.165) is 37.6 Å². The Bertz CT molecular complexity index is 736. The van der Waals surface area contributed by atoms with Gasteiger partial charge in [0.1, 0.15) is 11.5 Å². The fourth-order valence-electron chi connectivity index (χ4n) is 2.93. The highest BCUT2D eigenvalue weighted by molar-refractivity contribution is 5.54. The number of ether oxygens (including phenoxy) is 2. The van der Waals surface area contributed by atoms with Crippen LogP contribution >= 0.6 is 0 Å². The first-order valence-corrected chi connectivity index (χ1v) is 8.63. The van der Waals surface area contributed by atoms with Crippen molar-refractivity contribution in [3.05, 3.63) is 77.4 Å². The molecule has 4 heteroatoms. The maximum absolute atomic E-state index is 5.21. The Morgan fingerprint density at radius 2 is 1.50 bits per heavy atom. The molecule has 138 valence electrons. The largest absolute Gasteiger partial charge is 1.00 e. The van der Waals surface area contributed by atoms with Gasteiger partial charge in [0.15, 0.2) is 0 Å². The molecular formula is C22H25ClNO2-. The minimum atomic E-state index is 0. The molecule has 2 aromatic rings. The lowest BCUT2D eigenvalue weighted by Crippen LogP contribution is -3.00. The highest BCUT2D eigenvalue weighted by Gasteiger charge is 2.10. The second-order valence-electron chi connectivity index (χ2n) is 6.22. The summed E-state index contributed by atoms with van der Waals surface area (Å²) in [6.07, 6.45) is 7.81. The summed E-state index contributed by atoms with van der Waals surface area (Å²) in [5, 5.41) is 0. The molecule has 0 unspecified atom stereocenters. The first-order valence-electron chi connectivity index (χ1n) is 8.63. The molecular weight excluding hydrogens is 346 g/mol. The van der Waals surface area contributed by atoms with Gasteiger partial charge in [-0.15, -0.1) is 0 Å². The van der Waals surface area contributed by atoms with Gasteiger partial charge in [-0.3, -0.25) is 4.90 Å². The Morgan fingerprint density at radius 3 is 2.04 bits per heavy atom. The van der Waals surface area contributed by atoms with Crippen LogP contribution in [-0.4, -0.2) is 32.2 Å². The lowest BCUT2D eigenvalue weighted by molar-refractivity contribution is -0.00000564. The van der Waals surface area contributed by atoms with Crippen LogP contribution in [0.2, 0.25) is 0 Å². The monoisotopic (exact) mass is 370 g/mol. The smallest absolute Gasteiger partial charge is 0.118 e. The molecule has 0 fully saturated rings. The molecule has 0 bridgehead atoms. The topological polar surface area (TPSA) is 21.7 Å². The van der Waals surface area contributed by atoms with Crippen LogP contribution in [0.1, 0.15) is 17.5 Å². The zero-order valence-electron chi connectivity index (χ0n) is 15.3. The Labute approximate surface area is 162 Å². The molecule has 2 aromatic carbocycles. The predicted octanol–water partition coefficient (Wildman–Crippen LogP) is 1.55. The van der Waals surface area contributed by atoms with Gasteiger partial charge < -0.3 is 21.9 Å². The quantitative estimate of drug-likeness (QED) is 0.770. The molecule has 3 nitrogen and oxygen atoms in total. The van der Waals surface area contributed by atoms with Gasteiger partial charge in [-0.1, -0.05) is 42.5 Å². The van der Waals surface area contributed by atoms with Crippen molar-refractivity contribution >= 4 is 6.08 Å². The second kappa shape index (κ2) is 10.0. The molecule has 1 aliphatic heterocycles. The molecule has 0 atom stereocenters. The molecule has 0 spiro atoms. The van der Waals surface area contributed by atoms with Crippen LogP contribution in [0.4, 0.5) is 0 Å². The molecule has 0 N–H and O–H groups in total. The summed E-state index contributed by atoms with van der Waals surface area (Å²) in [7, 11) is 3.39. The third kappa shape index (κ3) is 5.65. The number of methoxy groups -OCH3 is 2. The van der Waals surface area contributed by atoms with E-state index in [-0.39, 0.29) is 12.4 Å². The Hall–Kier alpha value is -2.23. The van der Waals surface area contributed by atoms with Gasteiger partial charge in [0.25, 0.3) is 0 Å². The van der Waals surface area contributed by atoms with Crippen LogP contribution in [-0.2, 0) is 6.54 Å². The van der Waals surface area contributed by atoms with E-state index in [9.17, 15) is 0 Å². The fourth-order valence-corrected chi connectivity index (χ4v) is 2.93. The normalized spacial score (nSPS) is 14.6. The Balaban J connectivity index is 0.00000243. The number of hydrogen-bond acceptors (Lipinski definition) is 3. The van der Waals surface area contributed by atoms with Crippen LogP contribution in [0, 0.1) is 0 Å². The van der Waals surface area contributed by atoms with Crippen LogP contribution in [0.3, 0.4) is 0 Å². The molecule has 0 aromatic heterocycles. The summed E-state index contributed by atoms with van der Waals surface area (Å²) in [5.74, 6) is 1.80. The van der Waals surface area contributed by atoms with Crippen LogP contribution < -0.4 is 21.9 Å². The number of benzene rings is 2. The molecule has 0 saturated carbocycles. The van der Waals surface area contributed by atoms with Gasteiger partial charge in [-0.25, -0.2) is 0 Å². The van der Waals surface area contributed by atoms with E-state index in [1.807, 2.05) is 24.3 Å². The Morgan fingerprint density at radius 1 is 0.885 bits per heavy atom. The summed E-state index contributed by atoms with van der Waals surface area (Å²) in [6, 6.07) is 16.5. The van der Waals surface area contributed by atoms with E-state index in [4.69, 9.17) is 9.47 Å². The Kier molecular flexibility index (Phi) is 7.76. The summed E-state index contributed by atoms with van der Waals surface area (Å²) in [5.41, 5.74) is 3.93. The standard InChI is InChI=1S/C22H25NO2.ClH/c1-24-21-9-5-18(6-10-21)3-4-19-13-15-23(16-14-19)17-20-7-11-22(25-2)12-8-20;/h3-13H,14-17H2,1-2H3;1H/p-1/b4-3+;. The minimum Gasteiger partial charge on any atom is -1.00 e. The molecule has 0 radical (unpaired) electrons. The van der Waals surface area contributed by atoms with E-state index in [0.29, 0.717) is 0 Å². The van der Waals surface area contributed by atoms with E-state index >= 15 is 0 Å². The second-order valence-corrected chi connectivity index (χ2v) is 6.22. The molecule has 0 saturated heterocycles. The van der Waals surface area contributed by atoms with Gasteiger partial charge in [-0.2, -0.15) is 0 Å². The maximum Gasteiger partial charge on any atom is 0.118 e. The average Bonchev–Trinajstić information content (AvgIpc) is 2.68. The molecule has 0 amide bonds. The minimum absolute atomic E-state index is 0. The number of halogens is 1. The van der Waals surface area contributed by atoms with Crippen LogP contribution in [0.5, 0.6) is 11.5 Å². The van der Waals surface area contributed by atoms with Crippen molar-refractivity contribution in [2.75, 3.05) is 27.3 Å². The third-order valence-electron chi connectivity index (χ3n) is 4.50. The van der Waals surface area contributed by atoms with Gasteiger partial charge in [-0.05, 0) is 47.4 Å².